The van der Waals surface area contributed by atoms with Gasteiger partial charge in [-0.2, -0.15) is 0 Å². The number of aryl methyl sites for hydroxylation is 1. The van der Waals surface area contributed by atoms with Crippen LogP contribution in [-0.2, 0) is 6.42 Å². The molecule has 0 bridgehead atoms. The van der Waals surface area contributed by atoms with Crippen LogP contribution in [0.25, 0.3) is 0 Å². The van der Waals surface area contributed by atoms with Gasteiger partial charge in [0.1, 0.15) is 0 Å². The Kier molecular flexibility index (Phi) is 4.50. The zero-order valence-electron chi connectivity index (χ0n) is 12.7. The van der Waals surface area contributed by atoms with Gasteiger partial charge >= 0.3 is 0 Å². The van der Waals surface area contributed by atoms with E-state index >= 15 is 0 Å². The number of anilines is 1. The monoisotopic (exact) mass is 288 g/mol. The Morgan fingerprint density at radius 3 is 2.32 bits per heavy atom. The number of nitrogens with zero attached hydrogens (tertiary/aromatic N) is 1. The first kappa shape index (κ1) is 14.3. The maximum Gasteiger partial charge on any atom is 0.0768 e. The molecule has 0 saturated heterocycles. The minimum Gasteiger partial charge on any atom is -0.374 e. The molecule has 22 heavy (non-hydrogen) atoms. The maximum absolute atomic E-state index is 4.13. The van der Waals surface area contributed by atoms with Gasteiger partial charge in [-0.25, -0.2) is 0 Å². The van der Waals surface area contributed by atoms with Crippen molar-refractivity contribution >= 4 is 5.69 Å². The Morgan fingerprint density at radius 2 is 1.59 bits per heavy atom. The second kappa shape index (κ2) is 6.90. The van der Waals surface area contributed by atoms with Crippen molar-refractivity contribution in [2.45, 2.75) is 19.4 Å². The van der Waals surface area contributed by atoms with Gasteiger partial charge in [0.15, 0.2) is 0 Å². The topological polar surface area (TPSA) is 24.9 Å². The van der Waals surface area contributed by atoms with Crippen LogP contribution in [0.5, 0.6) is 0 Å². The first-order valence-corrected chi connectivity index (χ1v) is 7.67. The van der Waals surface area contributed by atoms with E-state index in [1.54, 1.807) is 0 Å². The van der Waals surface area contributed by atoms with E-state index in [4.69, 9.17) is 0 Å². The van der Waals surface area contributed by atoms with Crippen molar-refractivity contribution in [3.05, 3.63) is 95.8 Å². The Balaban J connectivity index is 1.95. The lowest BCUT2D eigenvalue weighted by atomic mass is 9.99. The fourth-order valence-electron chi connectivity index (χ4n) is 2.61. The molecule has 1 N–H and O–H groups in total. The van der Waals surface area contributed by atoms with Gasteiger partial charge in [-0.3, -0.25) is 4.98 Å². The number of rotatable bonds is 5. The molecule has 0 spiro atoms. The minimum atomic E-state index is 0.122. The summed E-state index contributed by atoms with van der Waals surface area (Å²) in [5, 5.41) is 3.66. The van der Waals surface area contributed by atoms with Crippen LogP contribution in [0.15, 0.2) is 79.1 Å². The lowest BCUT2D eigenvalue weighted by Crippen LogP contribution is -2.12. The van der Waals surface area contributed by atoms with Crippen LogP contribution in [-0.4, -0.2) is 4.98 Å². The zero-order valence-corrected chi connectivity index (χ0v) is 12.7. The molecule has 0 radical (unpaired) electrons. The van der Waals surface area contributed by atoms with Gasteiger partial charge in [0.25, 0.3) is 0 Å². The summed E-state index contributed by atoms with van der Waals surface area (Å²) >= 11 is 0. The molecule has 1 heterocycles. The summed E-state index contributed by atoms with van der Waals surface area (Å²) in [4.78, 5) is 4.13. The third-order valence-corrected chi connectivity index (χ3v) is 3.82. The van der Waals surface area contributed by atoms with E-state index in [1.165, 1.54) is 16.7 Å². The highest BCUT2D eigenvalue weighted by molar-refractivity contribution is 5.50. The first-order chi connectivity index (χ1) is 10.9. The molecule has 110 valence electrons. The third-order valence-electron chi connectivity index (χ3n) is 3.82. The quantitative estimate of drug-likeness (QED) is 0.726. The highest BCUT2D eigenvalue weighted by Crippen LogP contribution is 2.26. The molecule has 3 rings (SSSR count). The lowest BCUT2D eigenvalue weighted by Gasteiger charge is -2.21. The molecule has 2 aromatic carbocycles. The standard InChI is InChI=1S/C20H20N2/c1-2-16-7-6-10-19(15-16)22-20(17-8-4-3-5-9-17)18-11-13-21-14-12-18/h3-15,20,22H,2H2,1H3. The van der Waals surface area contributed by atoms with Crippen molar-refractivity contribution in [1.29, 1.82) is 0 Å². The highest BCUT2D eigenvalue weighted by Gasteiger charge is 2.13. The average Bonchev–Trinajstić information content (AvgIpc) is 2.61. The van der Waals surface area contributed by atoms with E-state index in [0.29, 0.717) is 0 Å². The molecule has 2 nitrogen and oxygen atoms in total. The number of nitrogens with one attached hydrogen (secondary N) is 1. The van der Waals surface area contributed by atoms with Crippen molar-refractivity contribution in [1.82, 2.24) is 4.98 Å². The SMILES string of the molecule is CCc1cccc(NC(c2ccccc2)c2ccncc2)c1. The molecule has 0 fully saturated rings. The number of hydrogen-bond donors (Lipinski definition) is 1. The fraction of sp³-hybridized carbons (Fsp3) is 0.150. The fourth-order valence-corrected chi connectivity index (χ4v) is 2.61. The second-order valence-electron chi connectivity index (χ2n) is 5.32. The van der Waals surface area contributed by atoms with Crippen LogP contribution in [0, 0.1) is 0 Å². The maximum atomic E-state index is 4.13. The van der Waals surface area contributed by atoms with Crippen LogP contribution in [0.4, 0.5) is 5.69 Å². The summed E-state index contributed by atoms with van der Waals surface area (Å²) in [7, 11) is 0. The first-order valence-electron chi connectivity index (χ1n) is 7.67. The third kappa shape index (κ3) is 3.34. The summed E-state index contributed by atoms with van der Waals surface area (Å²) in [6.07, 6.45) is 4.73. The van der Waals surface area contributed by atoms with Gasteiger partial charge in [-0.05, 0) is 47.4 Å². The Labute approximate surface area is 131 Å². The van der Waals surface area contributed by atoms with Crippen molar-refractivity contribution in [3.8, 4) is 0 Å². The van der Waals surface area contributed by atoms with Gasteiger partial charge in [0.05, 0.1) is 6.04 Å². The average molecular weight is 288 g/mol. The van der Waals surface area contributed by atoms with E-state index in [-0.39, 0.29) is 6.04 Å². The van der Waals surface area contributed by atoms with Gasteiger partial charge < -0.3 is 5.32 Å². The normalized spacial score (nSPS) is 11.9. The molecule has 0 aliphatic rings. The smallest absolute Gasteiger partial charge is 0.0768 e. The molecule has 1 unspecified atom stereocenters. The van der Waals surface area contributed by atoms with Crippen LogP contribution >= 0.6 is 0 Å². The van der Waals surface area contributed by atoms with Crippen LogP contribution in [0.2, 0.25) is 0 Å². The van der Waals surface area contributed by atoms with E-state index < -0.39 is 0 Å². The highest BCUT2D eigenvalue weighted by atomic mass is 14.9. The number of benzene rings is 2. The molecule has 0 aliphatic heterocycles. The molecule has 1 aromatic heterocycles. The minimum absolute atomic E-state index is 0.122. The number of pyridine rings is 1. The Morgan fingerprint density at radius 1 is 0.864 bits per heavy atom. The molecule has 0 saturated carbocycles. The molecular weight excluding hydrogens is 268 g/mol. The number of aromatic nitrogens is 1. The molecule has 0 aliphatic carbocycles. The van der Waals surface area contributed by atoms with Gasteiger partial charge in [0.2, 0.25) is 0 Å². The summed E-state index contributed by atoms with van der Waals surface area (Å²) in [6, 6.07) is 23.4. The van der Waals surface area contributed by atoms with E-state index in [0.717, 1.165) is 12.1 Å². The summed E-state index contributed by atoms with van der Waals surface area (Å²) in [5.41, 5.74) is 4.94. The van der Waals surface area contributed by atoms with Gasteiger partial charge in [-0.15, -0.1) is 0 Å². The summed E-state index contributed by atoms with van der Waals surface area (Å²) in [6.45, 7) is 2.18. The lowest BCUT2D eigenvalue weighted by molar-refractivity contribution is 0.932. The second-order valence-corrected chi connectivity index (χ2v) is 5.32. The molecule has 3 aromatic rings. The van der Waals surface area contributed by atoms with E-state index in [2.05, 4.69) is 77.9 Å². The Hall–Kier alpha value is -2.61. The molecule has 2 heteroatoms. The predicted molar refractivity (Wildman–Crippen MR) is 92.0 cm³/mol. The van der Waals surface area contributed by atoms with Crippen LogP contribution in [0.1, 0.15) is 29.7 Å². The molecular formula is C20H20N2. The van der Waals surface area contributed by atoms with Crippen molar-refractivity contribution in [3.63, 3.8) is 0 Å². The largest absolute Gasteiger partial charge is 0.374 e. The molecule has 0 amide bonds. The van der Waals surface area contributed by atoms with Crippen molar-refractivity contribution in [2.24, 2.45) is 0 Å². The number of hydrogen-bond acceptors (Lipinski definition) is 2. The van der Waals surface area contributed by atoms with E-state index in [1.807, 2.05) is 18.5 Å². The van der Waals surface area contributed by atoms with Crippen molar-refractivity contribution < 1.29 is 0 Å². The summed E-state index contributed by atoms with van der Waals surface area (Å²) < 4.78 is 0. The van der Waals surface area contributed by atoms with Crippen molar-refractivity contribution in [2.75, 3.05) is 5.32 Å². The van der Waals surface area contributed by atoms with E-state index in [9.17, 15) is 0 Å². The zero-order chi connectivity index (χ0) is 15.2. The van der Waals surface area contributed by atoms with Gasteiger partial charge in [-0.1, -0.05) is 49.4 Å². The van der Waals surface area contributed by atoms with Gasteiger partial charge in [0, 0.05) is 18.1 Å². The molecule has 1 atom stereocenters. The van der Waals surface area contributed by atoms with Crippen LogP contribution < -0.4 is 5.32 Å². The van der Waals surface area contributed by atoms with Crippen LogP contribution in [0.3, 0.4) is 0 Å². The predicted octanol–water partition coefficient (Wildman–Crippen LogP) is 4.85. The summed E-state index contributed by atoms with van der Waals surface area (Å²) in [5.74, 6) is 0. The Bertz CT molecular complexity index is 669.